The molecule has 2 N–H and O–H groups in total. The third kappa shape index (κ3) is 3.52. The number of likely N-dealkylation sites (N-methyl/N-ethyl adjacent to an activating group) is 1. The molecule has 102 valence electrons. The summed E-state index contributed by atoms with van der Waals surface area (Å²) in [4.78, 5) is 10.7. The minimum absolute atomic E-state index is 0.0368. The molecule has 1 rings (SSSR count). The van der Waals surface area contributed by atoms with Gasteiger partial charge < -0.3 is 10.2 Å². The van der Waals surface area contributed by atoms with E-state index in [2.05, 4.69) is 0 Å². The van der Waals surface area contributed by atoms with Crippen LogP contribution in [0.3, 0.4) is 0 Å². The lowest BCUT2D eigenvalue weighted by Crippen LogP contribution is -2.39. The highest BCUT2D eigenvalue weighted by atomic mass is 32.2. The molecule has 0 aliphatic heterocycles. The number of aliphatic hydroxyl groups is 1. The fraction of sp³-hybridized carbons (Fsp3) is 0.500. The van der Waals surface area contributed by atoms with E-state index in [4.69, 9.17) is 5.11 Å². The van der Waals surface area contributed by atoms with E-state index in [-0.39, 0.29) is 15.6 Å². The van der Waals surface area contributed by atoms with E-state index >= 15 is 0 Å². The smallest absolute Gasteiger partial charge is 0.345 e. The van der Waals surface area contributed by atoms with E-state index in [1.165, 1.54) is 33.0 Å². The van der Waals surface area contributed by atoms with E-state index in [1.54, 1.807) is 0 Å². The van der Waals surface area contributed by atoms with E-state index in [0.29, 0.717) is 11.3 Å². The minimum Gasteiger partial charge on any atom is -0.477 e. The summed E-state index contributed by atoms with van der Waals surface area (Å²) in [5.74, 6) is -1.16. The van der Waals surface area contributed by atoms with Gasteiger partial charge in [-0.2, -0.15) is 4.31 Å². The Hall–Kier alpha value is -0.960. The molecule has 0 saturated carbocycles. The summed E-state index contributed by atoms with van der Waals surface area (Å²) in [6.07, 6.45) is 0. The molecule has 0 aromatic carbocycles. The predicted octanol–water partition coefficient (Wildman–Crippen LogP) is 0.838. The van der Waals surface area contributed by atoms with Crippen LogP contribution in [0.15, 0.2) is 16.3 Å². The van der Waals surface area contributed by atoms with Gasteiger partial charge in [-0.1, -0.05) is 0 Å². The van der Waals surface area contributed by atoms with Crippen molar-refractivity contribution in [3.05, 3.63) is 17.0 Å². The Morgan fingerprint density at radius 3 is 2.39 bits per heavy atom. The molecule has 0 radical (unpaired) electrons. The van der Waals surface area contributed by atoms with Gasteiger partial charge in [0.05, 0.1) is 5.60 Å². The van der Waals surface area contributed by atoms with Crippen LogP contribution in [0.2, 0.25) is 0 Å². The van der Waals surface area contributed by atoms with Crippen LogP contribution in [0.5, 0.6) is 0 Å². The van der Waals surface area contributed by atoms with E-state index < -0.39 is 21.6 Å². The Morgan fingerprint density at radius 2 is 2.00 bits per heavy atom. The molecular formula is C10H15NO5S2. The van der Waals surface area contributed by atoms with Crippen molar-refractivity contribution in [1.82, 2.24) is 4.31 Å². The number of nitrogens with zero attached hydrogens (tertiary/aromatic N) is 1. The highest BCUT2D eigenvalue weighted by Gasteiger charge is 2.28. The summed E-state index contributed by atoms with van der Waals surface area (Å²) in [6.45, 7) is 2.92. The number of hydrogen-bond acceptors (Lipinski definition) is 5. The van der Waals surface area contributed by atoms with Gasteiger partial charge in [0, 0.05) is 13.6 Å². The van der Waals surface area contributed by atoms with Crippen molar-refractivity contribution < 1.29 is 23.4 Å². The molecule has 0 atom stereocenters. The van der Waals surface area contributed by atoms with E-state index in [9.17, 15) is 18.3 Å². The first kappa shape index (κ1) is 15.1. The average Bonchev–Trinajstić information content (AvgIpc) is 2.63. The van der Waals surface area contributed by atoms with Crippen molar-refractivity contribution in [1.29, 1.82) is 0 Å². The van der Waals surface area contributed by atoms with Gasteiger partial charge in [-0.3, -0.25) is 0 Å². The molecule has 0 aliphatic rings. The topological polar surface area (TPSA) is 94.9 Å². The molecule has 1 aromatic heterocycles. The molecular weight excluding hydrogens is 278 g/mol. The number of sulfonamides is 1. The quantitative estimate of drug-likeness (QED) is 0.838. The molecule has 0 aliphatic carbocycles. The van der Waals surface area contributed by atoms with Crippen molar-refractivity contribution in [3.8, 4) is 0 Å². The van der Waals surface area contributed by atoms with Crippen molar-refractivity contribution in [2.75, 3.05) is 13.6 Å². The van der Waals surface area contributed by atoms with Crippen molar-refractivity contribution in [3.63, 3.8) is 0 Å². The van der Waals surface area contributed by atoms with Crippen molar-refractivity contribution >= 4 is 27.3 Å². The second kappa shape index (κ2) is 4.96. The summed E-state index contributed by atoms with van der Waals surface area (Å²) in [7, 11) is -2.42. The zero-order chi connectivity index (χ0) is 14.1. The number of carboxylic acid groups (broad SMARTS) is 1. The van der Waals surface area contributed by atoms with Crippen LogP contribution in [0.1, 0.15) is 23.5 Å². The maximum atomic E-state index is 12.1. The van der Waals surface area contributed by atoms with Crippen LogP contribution in [0.25, 0.3) is 0 Å². The van der Waals surface area contributed by atoms with Gasteiger partial charge in [-0.05, 0) is 26.0 Å². The first-order chi connectivity index (χ1) is 8.04. The van der Waals surface area contributed by atoms with Gasteiger partial charge in [0.25, 0.3) is 10.0 Å². The lowest BCUT2D eigenvalue weighted by Gasteiger charge is -2.24. The summed E-state index contributed by atoms with van der Waals surface area (Å²) >= 11 is 0.691. The molecule has 0 saturated heterocycles. The first-order valence-corrected chi connectivity index (χ1v) is 7.31. The maximum Gasteiger partial charge on any atom is 0.345 e. The standard InChI is InChI=1S/C10H15NO5S2/c1-10(2,14)6-11(3)18(15,16)8-5-4-7(17-8)9(12)13/h4-5,14H,6H2,1-3H3,(H,12,13). The SMILES string of the molecule is CN(CC(C)(C)O)S(=O)(=O)c1ccc(C(=O)O)s1. The molecule has 18 heavy (non-hydrogen) atoms. The van der Waals surface area contributed by atoms with Crippen molar-refractivity contribution in [2.45, 2.75) is 23.7 Å². The molecule has 0 fully saturated rings. The number of hydrogen-bond donors (Lipinski definition) is 2. The van der Waals surface area contributed by atoms with Gasteiger partial charge in [0.1, 0.15) is 9.09 Å². The molecule has 0 unspecified atom stereocenters. The minimum atomic E-state index is -3.76. The molecule has 8 heteroatoms. The Balaban J connectivity index is 3.02. The normalized spacial score (nSPS) is 12.9. The highest BCUT2D eigenvalue weighted by molar-refractivity contribution is 7.91. The average molecular weight is 293 g/mol. The van der Waals surface area contributed by atoms with Crippen LogP contribution in [-0.2, 0) is 10.0 Å². The molecule has 6 nitrogen and oxygen atoms in total. The van der Waals surface area contributed by atoms with Crippen LogP contribution >= 0.6 is 11.3 Å². The van der Waals surface area contributed by atoms with E-state index in [0.717, 1.165) is 4.31 Å². The second-order valence-corrected chi connectivity index (χ2v) is 7.85. The predicted molar refractivity (Wildman–Crippen MR) is 67.4 cm³/mol. The summed E-state index contributed by atoms with van der Waals surface area (Å²) in [5.41, 5.74) is -1.16. The number of thiophene rings is 1. The number of carbonyl (C=O) groups is 1. The fourth-order valence-corrected chi connectivity index (χ4v) is 4.04. The second-order valence-electron chi connectivity index (χ2n) is 4.50. The van der Waals surface area contributed by atoms with Gasteiger partial charge in [0.2, 0.25) is 0 Å². The van der Waals surface area contributed by atoms with Crippen LogP contribution in [-0.4, -0.2) is 48.1 Å². The van der Waals surface area contributed by atoms with Gasteiger partial charge in [-0.15, -0.1) is 11.3 Å². The lowest BCUT2D eigenvalue weighted by molar-refractivity contribution is 0.0639. The first-order valence-electron chi connectivity index (χ1n) is 5.06. The Morgan fingerprint density at radius 1 is 1.44 bits per heavy atom. The Kier molecular flexibility index (Phi) is 4.16. The van der Waals surface area contributed by atoms with Crippen LogP contribution < -0.4 is 0 Å². The number of aromatic carboxylic acids is 1. The van der Waals surface area contributed by atoms with Gasteiger partial charge in [0.15, 0.2) is 0 Å². The summed E-state index contributed by atoms with van der Waals surface area (Å²) in [5, 5.41) is 18.3. The Bertz CT molecular complexity index is 541. The zero-order valence-electron chi connectivity index (χ0n) is 10.2. The van der Waals surface area contributed by atoms with E-state index in [1.807, 2.05) is 0 Å². The zero-order valence-corrected chi connectivity index (χ0v) is 11.9. The van der Waals surface area contributed by atoms with Gasteiger partial charge in [-0.25, -0.2) is 13.2 Å². The largest absolute Gasteiger partial charge is 0.477 e. The van der Waals surface area contributed by atoms with Crippen molar-refractivity contribution in [2.24, 2.45) is 0 Å². The Labute approximate surface area is 110 Å². The molecule has 1 aromatic rings. The van der Waals surface area contributed by atoms with Gasteiger partial charge >= 0.3 is 5.97 Å². The molecule has 0 bridgehead atoms. The molecule has 1 heterocycles. The monoisotopic (exact) mass is 293 g/mol. The van der Waals surface area contributed by atoms with Crippen LogP contribution in [0.4, 0.5) is 0 Å². The van der Waals surface area contributed by atoms with Crippen LogP contribution in [0, 0.1) is 0 Å². The summed E-state index contributed by atoms with van der Waals surface area (Å²) in [6, 6.07) is 2.50. The third-order valence-corrected chi connectivity index (χ3v) is 5.41. The fourth-order valence-electron chi connectivity index (χ4n) is 1.36. The number of carboxylic acids is 1. The number of rotatable bonds is 5. The third-order valence-electron chi connectivity index (χ3n) is 2.07. The highest BCUT2D eigenvalue weighted by Crippen LogP contribution is 2.25. The lowest BCUT2D eigenvalue weighted by atomic mass is 10.1. The molecule has 0 amide bonds. The summed E-state index contributed by atoms with van der Waals surface area (Å²) < 4.78 is 25.1. The maximum absolute atomic E-state index is 12.1. The molecule has 0 spiro atoms.